The van der Waals surface area contributed by atoms with Crippen molar-refractivity contribution in [1.29, 1.82) is 0 Å². The molecule has 0 radical (unpaired) electrons. The number of rotatable bonds is 9. The van der Waals surface area contributed by atoms with E-state index in [-0.39, 0.29) is 24.0 Å². The smallest absolute Gasteiger partial charge is 0.191 e. The Morgan fingerprint density at radius 2 is 1.84 bits per heavy atom. The third-order valence-corrected chi connectivity index (χ3v) is 4.98. The summed E-state index contributed by atoms with van der Waals surface area (Å²) in [5.41, 5.74) is 1.77. The summed E-state index contributed by atoms with van der Waals surface area (Å²) in [5.74, 6) is 0.804. The fourth-order valence-electron chi connectivity index (χ4n) is 2.50. The molecule has 0 spiro atoms. The number of benzene rings is 1. The van der Waals surface area contributed by atoms with Crippen LogP contribution in [0.3, 0.4) is 0 Å². The van der Waals surface area contributed by atoms with Gasteiger partial charge in [-0.1, -0.05) is 38.3 Å². The molecule has 0 aromatic heterocycles. The van der Waals surface area contributed by atoms with Crippen LogP contribution in [-0.4, -0.2) is 33.7 Å². The van der Waals surface area contributed by atoms with Crippen LogP contribution in [0.2, 0.25) is 0 Å². The second-order valence-corrected chi connectivity index (χ2v) is 8.04. The van der Waals surface area contributed by atoms with Crippen LogP contribution < -0.4 is 10.6 Å². The molecule has 0 saturated carbocycles. The Kier molecular flexibility index (Phi) is 12.1. The highest BCUT2D eigenvalue weighted by Crippen LogP contribution is 2.17. The van der Waals surface area contributed by atoms with Gasteiger partial charge in [0.15, 0.2) is 15.8 Å². The molecule has 2 N–H and O–H groups in total. The Labute approximate surface area is 170 Å². The molecule has 0 saturated heterocycles. The molecular formula is C18H32IN3O2S. The van der Waals surface area contributed by atoms with Crippen molar-refractivity contribution in [3.63, 3.8) is 0 Å². The van der Waals surface area contributed by atoms with Gasteiger partial charge in [-0.15, -0.1) is 24.0 Å². The average Bonchev–Trinajstić information content (AvgIpc) is 2.51. The summed E-state index contributed by atoms with van der Waals surface area (Å²) in [6.45, 7) is 8.32. The molecule has 0 aliphatic rings. The second-order valence-electron chi connectivity index (χ2n) is 6.05. The van der Waals surface area contributed by atoms with Gasteiger partial charge in [-0.05, 0) is 37.5 Å². The van der Waals surface area contributed by atoms with Gasteiger partial charge >= 0.3 is 0 Å². The number of hydrogen-bond donors (Lipinski definition) is 2. The predicted octanol–water partition coefficient (Wildman–Crippen LogP) is 3.65. The number of aliphatic imine (C=N–C) groups is 1. The molecule has 0 unspecified atom stereocenters. The van der Waals surface area contributed by atoms with Gasteiger partial charge in [0.05, 0.1) is 11.4 Å². The third kappa shape index (κ3) is 9.44. The van der Waals surface area contributed by atoms with Crippen molar-refractivity contribution in [1.82, 2.24) is 10.6 Å². The highest BCUT2D eigenvalue weighted by Gasteiger charge is 2.10. The molecular weight excluding hydrogens is 449 g/mol. The van der Waals surface area contributed by atoms with Crippen molar-refractivity contribution in [2.24, 2.45) is 4.99 Å². The maximum Gasteiger partial charge on any atom is 0.191 e. The monoisotopic (exact) mass is 481 g/mol. The molecule has 1 aromatic rings. The fourth-order valence-corrected chi connectivity index (χ4v) is 3.46. The van der Waals surface area contributed by atoms with Gasteiger partial charge in [0.25, 0.3) is 0 Å². The Hall–Kier alpha value is -0.830. The van der Waals surface area contributed by atoms with Crippen molar-refractivity contribution in [3.8, 4) is 0 Å². The number of sulfone groups is 1. The third-order valence-electron chi connectivity index (χ3n) is 3.73. The van der Waals surface area contributed by atoms with Crippen LogP contribution in [0.5, 0.6) is 0 Å². The number of nitrogens with one attached hydrogen (secondary N) is 2. The van der Waals surface area contributed by atoms with Gasteiger partial charge in [0, 0.05) is 19.3 Å². The molecule has 0 bridgehead atoms. The molecule has 0 aliphatic heterocycles. The van der Waals surface area contributed by atoms with Crippen molar-refractivity contribution in [2.45, 2.75) is 57.9 Å². The van der Waals surface area contributed by atoms with Crippen LogP contribution in [0.25, 0.3) is 0 Å². The summed E-state index contributed by atoms with van der Waals surface area (Å²) < 4.78 is 23.3. The average molecular weight is 481 g/mol. The molecule has 25 heavy (non-hydrogen) atoms. The van der Waals surface area contributed by atoms with Gasteiger partial charge in [0.2, 0.25) is 0 Å². The maximum atomic E-state index is 11.7. The Morgan fingerprint density at radius 1 is 1.12 bits per heavy atom. The van der Waals surface area contributed by atoms with Crippen LogP contribution in [0.4, 0.5) is 0 Å². The van der Waals surface area contributed by atoms with Crippen molar-refractivity contribution >= 4 is 39.8 Å². The lowest BCUT2D eigenvalue weighted by atomic mass is 10.1. The largest absolute Gasteiger partial charge is 0.357 e. The zero-order valence-electron chi connectivity index (χ0n) is 15.8. The Morgan fingerprint density at radius 3 is 2.40 bits per heavy atom. The van der Waals surface area contributed by atoms with Gasteiger partial charge in [-0.25, -0.2) is 13.4 Å². The van der Waals surface area contributed by atoms with E-state index in [2.05, 4.69) is 22.5 Å². The number of nitrogens with zero attached hydrogens (tertiary/aromatic N) is 1. The van der Waals surface area contributed by atoms with Crippen LogP contribution in [-0.2, 0) is 16.4 Å². The first-order chi connectivity index (χ1) is 11.4. The Balaban J connectivity index is 0.00000576. The lowest BCUT2D eigenvalue weighted by Crippen LogP contribution is -2.37. The number of aryl methyl sites for hydroxylation is 1. The topological polar surface area (TPSA) is 70.6 Å². The van der Waals surface area contributed by atoms with Crippen LogP contribution >= 0.6 is 24.0 Å². The summed E-state index contributed by atoms with van der Waals surface area (Å²) in [4.78, 5) is 4.96. The van der Waals surface area contributed by atoms with E-state index >= 15 is 0 Å². The summed E-state index contributed by atoms with van der Waals surface area (Å²) in [7, 11) is -3.17. The summed E-state index contributed by atoms with van der Waals surface area (Å²) >= 11 is 0. The zero-order chi connectivity index (χ0) is 18.0. The van der Waals surface area contributed by atoms with Gasteiger partial charge in [-0.3, -0.25) is 0 Å². The van der Waals surface area contributed by atoms with E-state index in [4.69, 9.17) is 0 Å². The van der Waals surface area contributed by atoms with E-state index in [1.807, 2.05) is 26.0 Å². The molecule has 0 amide bonds. The van der Waals surface area contributed by atoms with Crippen LogP contribution in [0.1, 0.15) is 50.7 Å². The van der Waals surface area contributed by atoms with Gasteiger partial charge in [-0.2, -0.15) is 0 Å². The van der Waals surface area contributed by atoms with E-state index in [1.54, 1.807) is 6.07 Å². The van der Waals surface area contributed by atoms with Crippen LogP contribution in [0, 0.1) is 6.92 Å². The number of halogens is 1. The molecule has 0 heterocycles. The van der Waals surface area contributed by atoms with Crippen molar-refractivity contribution < 1.29 is 8.42 Å². The van der Waals surface area contributed by atoms with E-state index < -0.39 is 9.84 Å². The highest BCUT2D eigenvalue weighted by atomic mass is 127. The summed E-state index contributed by atoms with van der Waals surface area (Å²) in [6.07, 6.45) is 6.10. The van der Waals surface area contributed by atoms with Crippen molar-refractivity contribution in [2.75, 3.05) is 19.3 Å². The van der Waals surface area contributed by atoms with E-state index in [0.29, 0.717) is 11.4 Å². The van der Waals surface area contributed by atoms with Gasteiger partial charge in [0.1, 0.15) is 0 Å². The molecule has 0 atom stereocenters. The van der Waals surface area contributed by atoms with Crippen LogP contribution in [0.15, 0.2) is 28.1 Å². The molecule has 5 nitrogen and oxygen atoms in total. The van der Waals surface area contributed by atoms with Crippen molar-refractivity contribution in [3.05, 3.63) is 29.3 Å². The lowest BCUT2D eigenvalue weighted by Gasteiger charge is -2.11. The molecule has 144 valence electrons. The standard InChI is InChI=1S/C18H31N3O2S.HI/c1-5-7-8-9-12-20-18(19-6-2)21-14-16-10-11-17(15(3)13-16)24(4,22)23;/h10-11,13H,5-9,12,14H2,1-4H3,(H2,19,20,21);1H. The van der Waals surface area contributed by atoms with E-state index in [1.165, 1.54) is 25.5 Å². The predicted molar refractivity (Wildman–Crippen MR) is 117 cm³/mol. The quantitative estimate of drug-likeness (QED) is 0.245. The molecule has 0 aliphatic carbocycles. The first kappa shape index (κ1) is 24.2. The number of unbranched alkanes of at least 4 members (excludes halogenated alkanes) is 3. The maximum absolute atomic E-state index is 11.7. The Bertz CT molecular complexity index is 646. The van der Waals surface area contributed by atoms with Gasteiger partial charge < -0.3 is 10.6 Å². The number of guanidine groups is 1. The van der Waals surface area contributed by atoms with E-state index in [9.17, 15) is 8.42 Å². The zero-order valence-corrected chi connectivity index (χ0v) is 18.9. The SMILES string of the molecule is CCCCCCNC(=NCc1ccc(S(C)(=O)=O)c(C)c1)NCC.I. The minimum absolute atomic E-state index is 0. The molecule has 1 aromatic carbocycles. The first-order valence-corrected chi connectivity index (χ1v) is 10.6. The highest BCUT2D eigenvalue weighted by molar-refractivity contribution is 14.0. The number of hydrogen-bond acceptors (Lipinski definition) is 3. The fraction of sp³-hybridized carbons (Fsp3) is 0.611. The normalized spacial score (nSPS) is 11.8. The summed E-state index contributed by atoms with van der Waals surface area (Å²) in [5, 5.41) is 6.58. The minimum Gasteiger partial charge on any atom is -0.357 e. The molecule has 7 heteroatoms. The molecule has 0 fully saturated rings. The van der Waals surface area contributed by atoms with E-state index in [0.717, 1.165) is 36.6 Å². The first-order valence-electron chi connectivity index (χ1n) is 8.70. The minimum atomic E-state index is -3.17. The summed E-state index contributed by atoms with van der Waals surface area (Å²) in [6, 6.07) is 5.39. The lowest BCUT2D eigenvalue weighted by molar-refractivity contribution is 0.601. The molecule has 1 rings (SSSR count). The second kappa shape index (κ2) is 12.5.